The predicted octanol–water partition coefficient (Wildman–Crippen LogP) is 7.03. The molecular formula is C34H32Br2N2O5S. The molecule has 0 radical (unpaired) electrons. The molecule has 10 heteroatoms. The molecule has 0 bridgehead atoms. The first-order valence-electron chi connectivity index (χ1n) is 14.2. The van der Waals surface area contributed by atoms with Gasteiger partial charge >= 0.3 is 5.97 Å². The van der Waals surface area contributed by atoms with Crippen molar-refractivity contribution < 1.29 is 19.0 Å². The summed E-state index contributed by atoms with van der Waals surface area (Å²) >= 11 is 8.35. The lowest BCUT2D eigenvalue weighted by Crippen LogP contribution is -2.39. The number of carbonyl (C=O) groups excluding carboxylic acids is 1. The molecule has 0 saturated heterocycles. The van der Waals surface area contributed by atoms with E-state index in [0.717, 1.165) is 21.2 Å². The number of nitrogens with zero attached hydrogens (tertiary/aromatic N) is 2. The van der Waals surface area contributed by atoms with Crippen LogP contribution in [-0.4, -0.2) is 24.3 Å². The van der Waals surface area contributed by atoms with Crippen LogP contribution in [0.5, 0.6) is 11.5 Å². The van der Waals surface area contributed by atoms with Crippen molar-refractivity contribution in [2.24, 2.45) is 4.99 Å². The molecule has 7 nitrogen and oxygen atoms in total. The zero-order valence-corrected chi connectivity index (χ0v) is 29.0. The Balaban J connectivity index is 1.57. The normalized spacial score (nSPS) is 14.8. The van der Waals surface area contributed by atoms with E-state index in [0.29, 0.717) is 49.1 Å². The zero-order valence-electron chi connectivity index (χ0n) is 25.0. The molecule has 2 heterocycles. The van der Waals surface area contributed by atoms with Gasteiger partial charge in [0, 0.05) is 4.47 Å². The second kappa shape index (κ2) is 13.7. The lowest BCUT2D eigenvalue weighted by atomic mass is 9.93. The minimum absolute atomic E-state index is 0.221. The number of methoxy groups -OCH3 is 1. The Kier molecular flexibility index (Phi) is 9.92. The van der Waals surface area contributed by atoms with Crippen molar-refractivity contribution in [2.75, 3.05) is 13.7 Å². The fraction of sp³-hybridized carbons (Fsp3) is 0.265. The predicted molar refractivity (Wildman–Crippen MR) is 180 cm³/mol. The maximum absolute atomic E-state index is 14.0. The molecule has 1 unspecified atom stereocenters. The second-order valence-corrected chi connectivity index (χ2v) is 13.4. The van der Waals surface area contributed by atoms with Crippen molar-refractivity contribution in [3.63, 3.8) is 0 Å². The molecule has 1 aliphatic rings. The zero-order chi connectivity index (χ0) is 31.5. The number of allylic oxidation sites excluding steroid dienone is 1. The van der Waals surface area contributed by atoms with E-state index in [1.165, 1.54) is 16.9 Å². The van der Waals surface area contributed by atoms with E-state index in [1.54, 1.807) is 31.6 Å². The van der Waals surface area contributed by atoms with Crippen molar-refractivity contribution in [3.05, 3.63) is 123 Å². The summed E-state index contributed by atoms with van der Waals surface area (Å²) in [5, 5.41) is 0. The number of carbonyl (C=O) groups is 1. The molecule has 1 atom stereocenters. The van der Waals surface area contributed by atoms with Gasteiger partial charge in [0.2, 0.25) is 0 Å². The molecule has 0 N–H and O–H groups in total. The monoisotopic (exact) mass is 738 g/mol. The van der Waals surface area contributed by atoms with E-state index in [-0.39, 0.29) is 12.2 Å². The number of hydrogen-bond donors (Lipinski definition) is 0. The summed E-state index contributed by atoms with van der Waals surface area (Å²) in [6, 6.07) is 19.0. The van der Waals surface area contributed by atoms with Crippen LogP contribution < -0.4 is 24.4 Å². The highest BCUT2D eigenvalue weighted by atomic mass is 79.9. The van der Waals surface area contributed by atoms with Crippen LogP contribution in [0, 0.1) is 0 Å². The molecule has 3 aromatic carbocycles. The number of benzene rings is 3. The second-order valence-electron chi connectivity index (χ2n) is 10.6. The van der Waals surface area contributed by atoms with E-state index in [9.17, 15) is 9.59 Å². The number of hydrogen-bond acceptors (Lipinski definition) is 7. The number of esters is 1. The number of rotatable bonds is 9. The van der Waals surface area contributed by atoms with Gasteiger partial charge in [-0.2, -0.15) is 0 Å². The van der Waals surface area contributed by atoms with Crippen molar-refractivity contribution in [1.29, 1.82) is 0 Å². The van der Waals surface area contributed by atoms with Gasteiger partial charge in [0.25, 0.3) is 5.56 Å². The molecule has 5 rings (SSSR count). The molecule has 4 aromatic rings. The third-order valence-electron chi connectivity index (χ3n) is 7.28. The Morgan fingerprint density at radius 1 is 1.09 bits per heavy atom. The molecule has 0 spiro atoms. The van der Waals surface area contributed by atoms with Crippen molar-refractivity contribution >= 4 is 55.2 Å². The minimum atomic E-state index is -0.663. The quantitative estimate of drug-likeness (QED) is 0.172. The number of fused-ring (bicyclic) bond motifs is 1. The first kappa shape index (κ1) is 31.9. The van der Waals surface area contributed by atoms with E-state index >= 15 is 0 Å². The van der Waals surface area contributed by atoms with Gasteiger partial charge in [0.05, 0.1) is 40.0 Å². The standard InChI is InChI=1S/C34H32Br2N2O5S/c1-6-42-33(40)29-20(4)37-34-38(30(29)24-11-9-23(10-12-24)19(2)3)32(39)28(44-34)17-22-15-26(36)31(27(16-22)41-5)43-18-21-7-13-25(35)14-8-21/h7-17,19,30H,6,18H2,1-5H3. The van der Waals surface area contributed by atoms with Crippen LogP contribution in [0.4, 0.5) is 0 Å². The molecule has 228 valence electrons. The van der Waals surface area contributed by atoms with Gasteiger partial charge in [-0.25, -0.2) is 9.79 Å². The number of thiazole rings is 1. The summed E-state index contributed by atoms with van der Waals surface area (Å²) in [6.45, 7) is 8.38. The van der Waals surface area contributed by atoms with E-state index < -0.39 is 12.0 Å². The number of aromatic nitrogens is 1. The highest BCUT2D eigenvalue weighted by Gasteiger charge is 2.33. The molecule has 1 aliphatic heterocycles. The largest absolute Gasteiger partial charge is 0.493 e. The maximum Gasteiger partial charge on any atom is 0.338 e. The highest BCUT2D eigenvalue weighted by molar-refractivity contribution is 9.10. The lowest BCUT2D eigenvalue weighted by molar-refractivity contribution is -0.139. The first-order valence-corrected chi connectivity index (χ1v) is 16.6. The van der Waals surface area contributed by atoms with Gasteiger partial charge in [0.1, 0.15) is 6.61 Å². The van der Waals surface area contributed by atoms with E-state index in [2.05, 4.69) is 50.7 Å². The van der Waals surface area contributed by atoms with E-state index in [4.69, 9.17) is 14.2 Å². The maximum atomic E-state index is 14.0. The Morgan fingerprint density at radius 2 is 1.80 bits per heavy atom. The van der Waals surface area contributed by atoms with Crippen LogP contribution in [0.1, 0.15) is 61.9 Å². The van der Waals surface area contributed by atoms with Crippen LogP contribution >= 0.6 is 43.2 Å². The SMILES string of the molecule is CCOC(=O)C1=C(C)N=c2sc(=Cc3cc(Br)c(OCc4ccc(Br)cc4)c(OC)c3)c(=O)n2C1c1ccc(C(C)C)cc1. The van der Waals surface area contributed by atoms with Crippen LogP contribution in [-0.2, 0) is 16.1 Å². The van der Waals surface area contributed by atoms with Crippen molar-refractivity contribution in [3.8, 4) is 11.5 Å². The number of ether oxygens (including phenoxy) is 3. The summed E-state index contributed by atoms with van der Waals surface area (Å²) < 4.78 is 20.9. The smallest absolute Gasteiger partial charge is 0.338 e. The van der Waals surface area contributed by atoms with Crippen molar-refractivity contribution in [2.45, 2.75) is 46.3 Å². The molecule has 0 saturated carbocycles. The summed E-state index contributed by atoms with van der Waals surface area (Å²) in [4.78, 5) is 32.4. The van der Waals surface area contributed by atoms with Gasteiger partial charge in [-0.1, -0.05) is 77.5 Å². The van der Waals surface area contributed by atoms with Crippen LogP contribution in [0.25, 0.3) is 6.08 Å². The third kappa shape index (κ3) is 6.62. The lowest BCUT2D eigenvalue weighted by Gasteiger charge is -2.25. The van der Waals surface area contributed by atoms with Crippen LogP contribution in [0.3, 0.4) is 0 Å². The Morgan fingerprint density at radius 3 is 2.43 bits per heavy atom. The molecular weight excluding hydrogens is 708 g/mol. The molecule has 0 aliphatic carbocycles. The van der Waals surface area contributed by atoms with Gasteiger partial charge in [-0.15, -0.1) is 0 Å². The molecule has 0 fully saturated rings. The summed E-state index contributed by atoms with van der Waals surface area (Å²) in [5.41, 5.74) is 4.39. The van der Waals surface area contributed by atoms with Gasteiger partial charge in [-0.05, 0) is 88.3 Å². The Bertz CT molecular complexity index is 1910. The number of halogens is 2. The minimum Gasteiger partial charge on any atom is -0.493 e. The topological polar surface area (TPSA) is 79.1 Å². The molecule has 44 heavy (non-hydrogen) atoms. The first-order chi connectivity index (χ1) is 21.1. The van der Waals surface area contributed by atoms with Crippen molar-refractivity contribution in [1.82, 2.24) is 4.57 Å². The highest BCUT2D eigenvalue weighted by Crippen LogP contribution is 2.37. The van der Waals surface area contributed by atoms with Gasteiger partial charge < -0.3 is 14.2 Å². The third-order valence-corrected chi connectivity index (χ3v) is 9.38. The Labute approximate surface area is 276 Å². The van der Waals surface area contributed by atoms with Gasteiger partial charge in [-0.3, -0.25) is 9.36 Å². The summed E-state index contributed by atoms with van der Waals surface area (Å²) in [7, 11) is 1.58. The van der Waals surface area contributed by atoms with Gasteiger partial charge in [0.15, 0.2) is 16.3 Å². The average molecular weight is 741 g/mol. The Hall–Kier alpha value is -3.47. The molecule has 1 aromatic heterocycles. The fourth-order valence-electron chi connectivity index (χ4n) is 5.02. The van der Waals surface area contributed by atoms with Crippen LogP contribution in [0.15, 0.2) is 90.7 Å². The molecule has 0 amide bonds. The summed E-state index contributed by atoms with van der Waals surface area (Å²) in [6.07, 6.45) is 1.80. The fourth-order valence-corrected chi connectivity index (χ4v) is 6.91. The van der Waals surface area contributed by atoms with Crippen LogP contribution in [0.2, 0.25) is 0 Å². The van der Waals surface area contributed by atoms with E-state index in [1.807, 2.05) is 60.7 Å². The average Bonchev–Trinajstić information content (AvgIpc) is 3.30. The summed E-state index contributed by atoms with van der Waals surface area (Å²) in [5.74, 6) is 0.961.